The molecule has 0 radical (unpaired) electrons. The van der Waals surface area contributed by atoms with Crippen LogP contribution in [-0.4, -0.2) is 16.2 Å². The first kappa shape index (κ1) is 14.8. The van der Waals surface area contributed by atoms with E-state index >= 15 is 0 Å². The summed E-state index contributed by atoms with van der Waals surface area (Å²) in [5.74, 6) is -0.0221. The second-order valence-corrected chi connectivity index (χ2v) is 5.13. The summed E-state index contributed by atoms with van der Waals surface area (Å²) < 4.78 is 19.3. The molecule has 0 aliphatic heterocycles. The Bertz CT molecular complexity index is 604. The lowest BCUT2D eigenvalue weighted by molar-refractivity contribution is 0.211. The predicted octanol–water partition coefficient (Wildman–Crippen LogP) is 3.74. The van der Waals surface area contributed by atoms with Gasteiger partial charge in [0.1, 0.15) is 17.7 Å². The number of aromatic nitrogens is 1. The van der Waals surface area contributed by atoms with Crippen molar-refractivity contribution in [1.82, 2.24) is 4.98 Å². The molecule has 0 saturated heterocycles. The first-order valence-corrected chi connectivity index (χ1v) is 6.60. The summed E-state index contributed by atoms with van der Waals surface area (Å²) in [5, 5.41) is 10.5. The van der Waals surface area contributed by atoms with Gasteiger partial charge in [-0.15, -0.1) is 0 Å². The van der Waals surface area contributed by atoms with E-state index in [9.17, 15) is 9.50 Å². The van der Waals surface area contributed by atoms with Crippen LogP contribution in [0.25, 0.3) is 0 Å². The van der Waals surface area contributed by atoms with Gasteiger partial charge in [0, 0.05) is 22.3 Å². The minimum atomic E-state index is -1.12. The van der Waals surface area contributed by atoms with Gasteiger partial charge in [0.2, 0.25) is 0 Å². The number of rotatable bonds is 4. The van der Waals surface area contributed by atoms with E-state index < -0.39 is 11.9 Å². The van der Waals surface area contributed by atoms with Gasteiger partial charge in [-0.2, -0.15) is 0 Å². The maximum absolute atomic E-state index is 13.8. The molecule has 0 aliphatic carbocycles. The molecule has 1 heterocycles. The fraction of sp³-hybridized carbons (Fsp3) is 0.267. The van der Waals surface area contributed by atoms with E-state index in [1.807, 2.05) is 13.8 Å². The third-order valence-corrected chi connectivity index (χ3v) is 2.91. The highest BCUT2D eigenvalue weighted by molar-refractivity contribution is 6.30. The second kappa shape index (κ2) is 6.20. The molecule has 1 unspecified atom stereocenters. The number of nitrogens with zero attached hydrogens (tertiary/aromatic N) is 1. The van der Waals surface area contributed by atoms with Crippen molar-refractivity contribution in [2.24, 2.45) is 0 Å². The van der Waals surface area contributed by atoms with Crippen molar-refractivity contribution < 1.29 is 14.2 Å². The number of hydrogen-bond donors (Lipinski definition) is 1. The number of halogens is 2. The topological polar surface area (TPSA) is 42.4 Å². The molecule has 2 rings (SSSR count). The highest BCUT2D eigenvalue weighted by Gasteiger charge is 2.16. The molecule has 1 aromatic carbocycles. The Morgan fingerprint density at radius 1 is 1.25 bits per heavy atom. The third-order valence-electron chi connectivity index (χ3n) is 2.68. The van der Waals surface area contributed by atoms with Crippen molar-refractivity contribution in [3.8, 4) is 5.75 Å². The molecule has 20 heavy (non-hydrogen) atoms. The molecule has 0 fully saturated rings. The number of pyridine rings is 1. The van der Waals surface area contributed by atoms with Crippen LogP contribution in [0.2, 0.25) is 5.02 Å². The van der Waals surface area contributed by atoms with E-state index in [2.05, 4.69) is 4.98 Å². The smallest absolute Gasteiger partial charge is 0.138 e. The van der Waals surface area contributed by atoms with E-state index in [0.29, 0.717) is 11.3 Å². The van der Waals surface area contributed by atoms with Crippen LogP contribution in [-0.2, 0) is 0 Å². The number of ether oxygens (including phenoxy) is 1. The summed E-state index contributed by atoms with van der Waals surface area (Å²) in [6.45, 7) is 3.78. The quantitative estimate of drug-likeness (QED) is 0.934. The lowest BCUT2D eigenvalue weighted by Crippen LogP contribution is -2.08. The SMILES string of the molecule is CC(C)Oc1cncc(C(O)c2ccc(Cl)cc2F)c1. The van der Waals surface area contributed by atoms with E-state index in [4.69, 9.17) is 16.3 Å². The van der Waals surface area contributed by atoms with Crippen LogP contribution in [0.3, 0.4) is 0 Å². The molecule has 0 aliphatic rings. The van der Waals surface area contributed by atoms with E-state index in [0.717, 1.165) is 0 Å². The Morgan fingerprint density at radius 2 is 2.00 bits per heavy atom. The van der Waals surface area contributed by atoms with Crippen molar-refractivity contribution in [2.75, 3.05) is 0 Å². The van der Waals surface area contributed by atoms with Gasteiger partial charge in [-0.05, 0) is 32.0 Å². The van der Waals surface area contributed by atoms with Crippen LogP contribution >= 0.6 is 11.6 Å². The van der Waals surface area contributed by atoms with Crippen molar-refractivity contribution >= 4 is 11.6 Å². The zero-order chi connectivity index (χ0) is 14.7. The molecule has 1 aromatic heterocycles. The van der Waals surface area contributed by atoms with Crippen molar-refractivity contribution in [3.63, 3.8) is 0 Å². The lowest BCUT2D eigenvalue weighted by atomic mass is 10.0. The monoisotopic (exact) mass is 295 g/mol. The average Bonchev–Trinajstić information content (AvgIpc) is 2.37. The summed E-state index contributed by atoms with van der Waals surface area (Å²) in [5.41, 5.74) is 0.613. The summed E-state index contributed by atoms with van der Waals surface area (Å²) >= 11 is 5.70. The highest BCUT2D eigenvalue weighted by atomic mass is 35.5. The first-order chi connectivity index (χ1) is 9.47. The maximum Gasteiger partial charge on any atom is 0.138 e. The van der Waals surface area contributed by atoms with Gasteiger partial charge in [0.25, 0.3) is 0 Å². The molecule has 106 valence electrons. The number of hydrogen-bond acceptors (Lipinski definition) is 3. The van der Waals surface area contributed by atoms with Crippen molar-refractivity contribution in [2.45, 2.75) is 26.1 Å². The maximum atomic E-state index is 13.8. The van der Waals surface area contributed by atoms with Crippen LogP contribution in [0.15, 0.2) is 36.7 Å². The Kier molecular flexibility index (Phi) is 4.57. The molecular weight excluding hydrogens is 281 g/mol. The van der Waals surface area contributed by atoms with Crippen molar-refractivity contribution in [1.29, 1.82) is 0 Å². The molecule has 1 atom stereocenters. The molecule has 0 bridgehead atoms. The molecule has 0 amide bonds. The van der Waals surface area contributed by atoms with E-state index in [1.54, 1.807) is 12.3 Å². The minimum Gasteiger partial charge on any atom is -0.489 e. The Morgan fingerprint density at radius 3 is 2.65 bits per heavy atom. The Hall–Kier alpha value is -1.65. The average molecular weight is 296 g/mol. The van der Waals surface area contributed by atoms with Gasteiger partial charge in [-0.25, -0.2) is 4.39 Å². The van der Waals surface area contributed by atoms with Crippen LogP contribution in [0.4, 0.5) is 4.39 Å². The molecule has 1 N–H and O–H groups in total. The summed E-state index contributed by atoms with van der Waals surface area (Å²) in [6, 6.07) is 5.80. The number of aliphatic hydroxyl groups excluding tert-OH is 1. The number of benzene rings is 1. The fourth-order valence-corrected chi connectivity index (χ4v) is 1.98. The molecular formula is C15H15ClFNO2. The van der Waals surface area contributed by atoms with Crippen LogP contribution in [0.1, 0.15) is 31.1 Å². The molecule has 0 spiro atoms. The zero-order valence-electron chi connectivity index (χ0n) is 11.2. The van der Waals surface area contributed by atoms with Gasteiger partial charge >= 0.3 is 0 Å². The largest absolute Gasteiger partial charge is 0.489 e. The molecule has 2 aromatic rings. The second-order valence-electron chi connectivity index (χ2n) is 4.69. The molecule has 5 heteroatoms. The van der Waals surface area contributed by atoms with Crippen LogP contribution < -0.4 is 4.74 Å². The van der Waals surface area contributed by atoms with Crippen molar-refractivity contribution in [3.05, 3.63) is 58.6 Å². The third kappa shape index (κ3) is 3.46. The van der Waals surface area contributed by atoms with Crippen LogP contribution in [0.5, 0.6) is 5.75 Å². The van der Waals surface area contributed by atoms with Gasteiger partial charge in [-0.1, -0.05) is 17.7 Å². The van der Waals surface area contributed by atoms with E-state index in [1.165, 1.54) is 24.4 Å². The van der Waals surface area contributed by atoms with Gasteiger partial charge < -0.3 is 9.84 Å². The minimum absolute atomic E-state index is 0.00328. The van der Waals surface area contributed by atoms with Gasteiger partial charge in [0.15, 0.2) is 0 Å². The predicted molar refractivity (Wildman–Crippen MR) is 75.5 cm³/mol. The summed E-state index contributed by atoms with van der Waals surface area (Å²) in [4.78, 5) is 4.00. The normalized spacial score (nSPS) is 12.5. The molecule has 3 nitrogen and oxygen atoms in total. The zero-order valence-corrected chi connectivity index (χ0v) is 11.9. The summed E-state index contributed by atoms with van der Waals surface area (Å²) in [6.07, 6.45) is 1.91. The lowest BCUT2D eigenvalue weighted by Gasteiger charge is -2.15. The molecule has 0 saturated carbocycles. The Balaban J connectivity index is 2.30. The van der Waals surface area contributed by atoms with Crippen LogP contribution in [0, 0.1) is 5.82 Å². The fourth-order valence-electron chi connectivity index (χ4n) is 1.82. The summed E-state index contributed by atoms with van der Waals surface area (Å²) in [7, 11) is 0. The Labute approximate surface area is 122 Å². The van der Waals surface area contributed by atoms with Gasteiger partial charge in [0.05, 0.1) is 12.3 Å². The van der Waals surface area contributed by atoms with Gasteiger partial charge in [-0.3, -0.25) is 4.98 Å². The highest BCUT2D eigenvalue weighted by Crippen LogP contribution is 2.27. The first-order valence-electron chi connectivity index (χ1n) is 6.22. The van der Waals surface area contributed by atoms with E-state index in [-0.39, 0.29) is 16.7 Å². The standard InChI is InChI=1S/C15H15ClFNO2/c1-9(2)20-12-5-10(7-18-8-12)15(19)13-4-3-11(16)6-14(13)17/h3-9,15,19H,1-2H3. The number of aliphatic hydroxyl groups is 1.